The summed E-state index contributed by atoms with van der Waals surface area (Å²) in [5, 5.41) is 9.80. The van der Waals surface area contributed by atoms with Gasteiger partial charge in [-0.05, 0) is 54.6 Å². The second kappa shape index (κ2) is 7.61. The number of likely N-dealkylation sites (tertiary alicyclic amines) is 1. The Kier molecular flexibility index (Phi) is 5.03. The first kappa shape index (κ1) is 17.9. The minimum Gasteiger partial charge on any atom is -0.480 e. The normalized spacial score (nSPS) is 20.4. The van der Waals surface area contributed by atoms with Crippen LogP contribution in [0.3, 0.4) is 0 Å². The summed E-state index contributed by atoms with van der Waals surface area (Å²) in [5.74, 6) is 0.726. The minimum absolute atomic E-state index is 0.119. The molecule has 2 aromatic carbocycles. The summed E-state index contributed by atoms with van der Waals surface area (Å²) >= 11 is 0. The van der Waals surface area contributed by atoms with Gasteiger partial charge in [-0.3, -0.25) is 9.69 Å². The van der Waals surface area contributed by atoms with Crippen LogP contribution in [0.4, 0.5) is 0 Å². The quantitative estimate of drug-likeness (QED) is 0.865. The van der Waals surface area contributed by atoms with Gasteiger partial charge in [0.15, 0.2) is 11.5 Å². The molecule has 2 heterocycles. The van der Waals surface area contributed by atoms with E-state index in [1.165, 1.54) is 5.56 Å². The molecule has 1 saturated heterocycles. The number of piperidine rings is 1. The van der Waals surface area contributed by atoms with Crippen LogP contribution in [0.5, 0.6) is 11.5 Å². The standard InChI is InChI=1S/C22H25NO4/c1-2-15-6-8-16(9-7-15)21(23-12-4-3-5-18(23)22(24)25)17-10-11-19-20(13-17)27-14-26-19/h6-11,13,18,21H,2-5,12,14H2,1H3,(H,24,25). The number of benzene rings is 2. The fourth-order valence-corrected chi connectivity index (χ4v) is 4.12. The number of ether oxygens (including phenoxy) is 2. The fourth-order valence-electron chi connectivity index (χ4n) is 4.12. The van der Waals surface area contributed by atoms with Gasteiger partial charge in [-0.2, -0.15) is 0 Å². The summed E-state index contributed by atoms with van der Waals surface area (Å²) < 4.78 is 11.0. The van der Waals surface area contributed by atoms with E-state index in [0.717, 1.165) is 48.4 Å². The van der Waals surface area contributed by atoms with Crippen molar-refractivity contribution < 1.29 is 19.4 Å². The summed E-state index contributed by atoms with van der Waals surface area (Å²) in [7, 11) is 0. The van der Waals surface area contributed by atoms with Crippen molar-refractivity contribution in [2.75, 3.05) is 13.3 Å². The lowest BCUT2D eigenvalue weighted by Gasteiger charge is -2.39. The molecule has 1 N–H and O–H groups in total. The lowest BCUT2D eigenvalue weighted by molar-refractivity contribution is -0.145. The maximum absolute atomic E-state index is 11.9. The third kappa shape index (κ3) is 3.52. The van der Waals surface area contributed by atoms with Crippen LogP contribution >= 0.6 is 0 Å². The largest absolute Gasteiger partial charge is 0.480 e. The van der Waals surface area contributed by atoms with Crippen LogP contribution in [0.1, 0.15) is 48.9 Å². The highest BCUT2D eigenvalue weighted by atomic mass is 16.7. The second-order valence-electron chi connectivity index (χ2n) is 7.20. The van der Waals surface area contributed by atoms with E-state index in [1.807, 2.05) is 18.2 Å². The monoisotopic (exact) mass is 367 g/mol. The highest BCUT2D eigenvalue weighted by Crippen LogP contribution is 2.39. The summed E-state index contributed by atoms with van der Waals surface area (Å²) in [4.78, 5) is 14.1. The first-order valence-electron chi connectivity index (χ1n) is 9.64. The van der Waals surface area contributed by atoms with Crippen molar-refractivity contribution in [1.29, 1.82) is 0 Å². The van der Waals surface area contributed by atoms with E-state index in [4.69, 9.17) is 9.47 Å². The average Bonchev–Trinajstić information content (AvgIpc) is 3.17. The van der Waals surface area contributed by atoms with E-state index < -0.39 is 12.0 Å². The average molecular weight is 367 g/mol. The molecule has 0 bridgehead atoms. The number of nitrogens with zero attached hydrogens (tertiary/aromatic N) is 1. The second-order valence-corrected chi connectivity index (χ2v) is 7.20. The zero-order valence-electron chi connectivity index (χ0n) is 15.6. The number of aliphatic carboxylic acids is 1. The van der Waals surface area contributed by atoms with Gasteiger partial charge in [0.05, 0.1) is 6.04 Å². The van der Waals surface area contributed by atoms with Crippen molar-refractivity contribution in [1.82, 2.24) is 4.90 Å². The zero-order valence-corrected chi connectivity index (χ0v) is 15.6. The van der Waals surface area contributed by atoms with Crippen LogP contribution in [0.15, 0.2) is 42.5 Å². The first-order chi connectivity index (χ1) is 13.2. The van der Waals surface area contributed by atoms with E-state index in [0.29, 0.717) is 6.42 Å². The Hall–Kier alpha value is -2.53. The Morgan fingerprint density at radius 2 is 1.85 bits per heavy atom. The van der Waals surface area contributed by atoms with Crippen molar-refractivity contribution in [2.45, 2.75) is 44.7 Å². The Balaban J connectivity index is 1.77. The third-order valence-electron chi connectivity index (χ3n) is 5.58. The van der Waals surface area contributed by atoms with Crippen LogP contribution < -0.4 is 9.47 Å². The van der Waals surface area contributed by atoms with Crippen LogP contribution in [0.2, 0.25) is 0 Å². The molecule has 0 radical (unpaired) electrons. The molecular formula is C22H25NO4. The molecule has 4 rings (SSSR count). The van der Waals surface area contributed by atoms with Gasteiger partial charge in [0.1, 0.15) is 6.04 Å². The first-order valence-corrected chi connectivity index (χ1v) is 9.64. The van der Waals surface area contributed by atoms with E-state index in [1.54, 1.807) is 0 Å². The van der Waals surface area contributed by atoms with Crippen molar-refractivity contribution in [3.8, 4) is 11.5 Å². The molecule has 0 saturated carbocycles. The number of aryl methyl sites for hydroxylation is 1. The Bertz CT molecular complexity index is 818. The summed E-state index contributed by atoms with van der Waals surface area (Å²) in [6.07, 6.45) is 3.63. The number of fused-ring (bicyclic) bond motifs is 1. The molecule has 1 fully saturated rings. The van der Waals surface area contributed by atoms with Crippen molar-refractivity contribution in [2.24, 2.45) is 0 Å². The molecule has 0 aromatic heterocycles. The number of hydrogen-bond donors (Lipinski definition) is 1. The van der Waals surface area contributed by atoms with Crippen molar-refractivity contribution in [3.05, 3.63) is 59.2 Å². The summed E-state index contributed by atoms with van der Waals surface area (Å²) in [6.45, 7) is 3.14. The van der Waals surface area contributed by atoms with E-state index in [9.17, 15) is 9.90 Å². The van der Waals surface area contributed by atoms with Gasteiger partial charge < -0.3 is 14.6 Å². The van der Waals surface area contributed by atoms with Crippen LogP contribution in [0.25, 0.3) is 0 Å². The molecule has 5 nitrogen and oxygen atoms in total. The maximum Gasteiger partial charge on any atom is 0.320 e. The number of carbonyl (C=O) groups is 1. The van der Waals surface area contributed by atoms with E-state index in [2.05, 4.69) is 36.1 Å². The van der Waals surface area contributed by atoms with Crippen molar-refractivity contribution in [3.63, 3.8) is 0 Å². The molecule has 2 unspecified atom stereocenters. The molecule has 2 aliphatic rings. The van der Waals surface area contributed by atoms with Crippen LogP contribution in [-0.2, 0) is 11.2 Å². The van der Waals surface area contributed by atoms with Gasteiger partial charge in [-0.1, -0.05) is 43.7 Å². The highest BCUT2D eigenvalue weighted by Gasteiger charge is 2.35. The lowest BCUT2D eigenvalue weighted by atomic mass is 9.91. The molecule has 0 aliphatic carbocycles. The fraction of sp³-hybridized carbons (Fsp3) is 0.409. The predicted molar refractivity (Wildman–Crippen MR) is 102 cm³/mol. The molecule has 27 heavy (non-hydrogen) atoms. The van der Waals surface area contributed by atoms with Gasteiger partial charge in [0.25, 0.3) is 0 Å². The van der Waals surface area contributed by atoms with Crippen LogP contribution in [0, 0.1) is 0 Å². The van der Waals surface area contributed by atoms with E-state index >= 15 is 0 Å². The highest BCUT2D eigenvalue weighted by molar-refractivity contribution is 5.73. The van der Waals surface area contributed by atoms with Crippen LogP contribution in [-0.4, -0.2) is 35.4 Å². The topological polar surface area (TPSA) is 59.0 Å². The molecule has 142 valence electrons. The number of carboxylic acid groups (broad SMARTS) is 1. The number of carboxylic acids is 1. The zero-order chi connectivity index (χ0) is 18.8. The number of hydrogen-bond acceptors (Lipinski definition) is 4. The molecule has 5 heteroatoms. The molecule has 2 aliphatic heterocycles. The summed E-state index contributed by atoms with van der Waals surface area (Å²) in [6, 6.07) is 13.9. The lowest BCUT2D eigenvalue weighted by Crippen LogP contribution is -2.46. The third-order valence-corrected chi connectivity index (χ3v) is 5.58. The Morgan fingerprint density at radius 1 is 1.11 bits per heavy atom. The van der Waals surface area contributed by atoms with Gasteiger partial charge in [0, 0.05) is 0 Å². The van der Waals surface area contributed by atoms with Gasteiger partial charge in [-0.15, -0.1) is 0 Å². The minimum atomic E-state index is -0.745. The molecule has 2 atom stereocenters. The Morgan fingerprint density at radius 3 is 2.59 bits per heavy atom. The molecule has 0 amide bonds. The van der Waals surface area contributed by atoms with Gasteiger partial charge in [0.2, 0.25) is 6.79 Å². The molecule has 0 spiro atoms. The Labute approximate surface area is 159 Å². The smallest absolute Gasteiger partial charge is 0.320 e. The van der Waals surface area contributed by atoms with Gasteiger partial charge in [-0.25, -0.2) is 0 Å². The SMILES string of the molecule is CCc1ccc(C(c2ccc3c(c2)OCO3)N2CCCCC2C(=O)O)cc1. The van der Waals surface area contributed by atoms with Crippen molar-refractivity contribution >= 4 is 5.97 Å². The summed E-state index contributed by atoms with van der Waals surface area (Å²) in [5.41, 5.74) is 3.42. The molecule has 2 aromatic rings. The predicted octanol–water partition coefficient (Wildman–Crippen LogP) is 4.01. The number of rotatable bonds is 5. The van der Waals surface area contributed by atoms with E-state index in [-0.39, 0.29) is 12.8 Å². The molecular weight excluding hydrogens is 342 g/mol. The maximum atomic E-state index is 11.9. The van der Waals surface area contributed by atoms with Gasteiger partial charge >= 0.3 is 5.97 Å².